The summed E-state index contributed by atoms with van der Waals surface area (Å²) in [6.45, 7) is 9.34. The van der Waals surface area contributed by atoms with Crippen LogP contribution in [0.15, 0.2) is 28.8 Å². The Hall–Kier alpha value is -4.02. The van der Waals surface area contributed by atoms with E-state index in [-0.39, 0.29) is 18.1 Å². The lowest BCUT2D eigenvalue weighted by molar-refractivity contribution is 0.101. The van der Waals surface area contributed by atoms with E-state index in [9.17, 15) is 13.6 Å². The molecule has 11 heteroatoms. The van der Waals surface area contributed by atoms with Gasteiger partial charge >= 0.3 is 0 Å². The number of benzene rings is 1. The molecular weight excluding hydrogens is 446 g/mol. The van der Waals surface area contributed by atoms with E-state index in [1.165, 1.54) is 6.07 Å². The van der Waals surface area contributed by atoms with Crippen LogP contribution in [-0.4, -0.2) is 30.6 Å². The fourth-order valence-electron chi connectivity index (χ4n) is 3.61. The highest BCUT2D eigenvalue weighted by molar-refractivity contribution is 6.04. The van der Waals surface area contributed by atoms with Gasteiger partial charge in [-0.1, -0.05) is 5.16 Å². The Kier molecular flexibility index (Phi) is 6.18. The van der Waals surface area contributed by atoms with Crippen molar-refractivity contribution in [3.05, 3.63) is 75.7 Å². The van der Waals surface area contributed by atoms with Crippen LogP contribution in [0, 0.1) is 46.3 Å². The van der Waals surface area contributed by atoms with Crippen LogP contribution < -0.4 is 10.1 Å². The first-order valence-electron chi connectivity index (χ1n) is 10.5. The number of carbonyl (C=O) groups is 1. The molecule has 0 bridgehead atoms. The minimum absolute atomic E-state index is 0.00474. The van der Waals surface area contributed by atoms with Crippen LogP contribution in [-0.2, 0) is 13.3 Å². The minimum Gasteiger partial charge on any atom is -0.486 e. The first-order valence-corrected chi connectivity index (χ1v) is 10.5. The van der Waals surface area contributed by atoms with Gasteiger partial charge < -0.3 is 14.6 Å². The summed E-state index contributed by atoms with van der Waals surface area (Å²) in [6, 6.07) is 4.96. The molecule has 34 heavy (non-hydrogen) atoms. The highest BCUT2D eigenvalue weighted by Gasteiger charge is 2.23. The molecule has 0 saturated carbocycles. The minimum atomic E-state index is -0.846. The number of nitrogens with one attached hydrogen (secondary N) is 1. The number of hydrogen-bond donors (Lipinski definition) is 1. The van der Waals surface area contributed by atoms with Crippen molar-refractivity contribution in [3.8, 4) is 5.75 Å². The summed E-state index contributed by atoms with van der Waals surface area (Å²) in [5.41, 5.74) is 4.17. The number of carbonyl (C=O) groups excluding carboxylic acids is 1. The van der Waals surface area contributed by atoms with Crippen molar-refractivity contribution in [2.45, 2.75) is 47.9 Å². The maximum atomic E-state index is 13.9. The molecule has 1 N–H and O–H groups in total. The van der Waals surface area contributed by atoms with E-state index in [4.69, 9.17) is 9.26 Å². The summed E-state index contributed by atoms with van der Waals surface area (Å²) in [6.07, 6.45) is 0. The normalized spacial score (nSPS) is 11.1. The highest BCUT2D eigenvalue weighted by Crippen LogP contribution is 2.24. The van der Waals surface area contributed by atoms with Gasteiger partial charge in [-0.3, -0.25) is 4.79 Å². The molecule has 0 aliphatic rings. The summed E-state index contributed by atoms with van der Waals surface area (Å²) >= 11 is 0. The Morgan fingerprint density at radius 1 is 1.09 bits per heavy atom. The zero-order chi connectivity index (χ0) is 24.6. The van der Waals surface area contributed by atoms with Crippen molar-refractivity contribution in [1.29, 1.82) is 0 Å². The zero-order valence-corrected chi connectivity index (χ0v) is 19.4. The third kappa shape index (κ3) is 4.54. The fraction of sp³-hybridized carbons (Fsp3) is 0.304. The predicted molar refractivity (Wildman–Crippen MR) is 119 cm³/mol. The van der Waals surface area contributed by atoms with Crippen LogP contribution >= 0.6 is 0 Å². The Balaban J connectivity index is 1.52. The molecule has 0 spiro atoms. The van der Waals surface area contributed by atoms with Gasteiger partial charge in [-0.15, -0.1) is 0 Å². The maximum Gasteiger partial charge on any atom is 0.278 e. The number of ether oxygens (including phenoxy) is 1. The van der Waals surface area contributed by atoms with Crippen molar-refractivity contribution < 1.29 is 22.8 Å². The molecule has 0 fully saturated rings. The van der Waals surface area contributed by atoms with E-state index in [2.05, 4.69) is 20.7 Å². The van der Waals surface area contributed by atoms with Crippen LogP contribution in [0.1, 0.15) is 44.6 Å². The summed E-state index contributed by atoms with van der Waals surface area (Å²) in [7, 11) is 0. The largest absolute Gasteiger partial charge is 0.486 e. The lowest BCUT2D eigenvalue weighted by Gasteiger charge is -2.09. The Bertz CT molecular complexity index is 1370. The van der Waals surface area contributed by atoms with Crippen molar-refractivity contribution >= 4 is 11.6 Å². The Morgan fingerprint density at radius 3 is 2.53 bits per heavy atom. The van der Waals surface area contributed by atoms with E-state index < -0.39 is 17.5 Å². The second-order valence-corrected chi connectivity index (χ2v) is 8.00. The summed E-state index contributed by atoms with van der Waals surface area (Å²) < 4.78 is 41.2. The quantitative estimate of drug-likeness (QED) is 0.434. The molecule has 1 aromatic carbocycles. The summed E-state index contributed by atoms with van der Waals surface area (Å²) in [5, 5.41) is 15.7. The monoisotopic (exact) mass is 470 g/mol. The molecule has 0 saturated heterocycles. The van der Waals surface area contributed by atoms with Gasteiger partial charge in [0.25, 0.3) is 5.91 Å². The molecule has 3 heterocycles. The standard InChI is InChI=1S/C23H24F2N6O3/c1-12-8-13(2)30(27-12)11-31-15(4)21(14(3)28-31)26-23(32)22-18(16(5)34-29-22)10-33-20-7-6-17(24)9-19(20)25/h6-9H,10-11H2,1-5H3,(H,26,32). The van der Waals surface area contributed by atoms with Gasteiger partial charge in [-0.25, -0.2) is 18.1 Å². The van der Waals surface area contributed by atoms with E-state index >= 15 is 0 Å². The van der Waals surface area contributed by atoms with Gasteiger partial charge in [0.05, 0.1) is 28.3 Å². The molecule has 9 nitrogen and oxygen atoms in total. The number of hydrogen-bond acceptors (Lipinski definition) is 6. The lowest BCUT2D eigenvalue weighted by atomic mass is 10.2. The molecule has 178 valence electrons. The molecule has 0 aliphatic heterocycles. The first-order chi connectivity index (χ1) is 16.1. The first kappa shape index (κ1) is 23.1. The van der Waals surface area contributed by atoms with Gasteiger partial charge in [0.2, 0.25) is 0 Å². The van der Waals surface area contributed by atoms with Crippen LogP contribution in [0.4, 0.5) is 14.5 Å². The Morgan fingerprint density at radius 2 is 1.85 bits per heavy atom. The molecule has 0 radical (unpaired) electrons. The lowest BCUT2D eigenvalue weighted by Crippen LogP contribution is -2.17. The third-order valence-electron chi connectivity index (χ3n) is 5.46. The number of nitrogens with zero attached hydrogens (tertiary/aromatic N) is 5. The number of rotatable bonds is 7. The van der Waals surface area contributed by atoms with Crippen LogP contribution in [0.5, 0.6) is 5.75 Å². The predicted octanol–water partition coefficient (Wildman–Crippen LogP) is 4.23. The number of halogens is 2. The number of aryl methyl sites for hydroxylation is 4. The van der Waals surface area contributed by atoms with Gasteiger partial charge in [0.15, 0.2) is 17.3 Å². The van der Waals surface area contributed by atoms with Crippen molar-refractivity contribution in [3.63, 3.8) is 0 Å². The average Bonchev–Trinajstić information content (AvgIpc) is 3.38. The van der Waals surface area contributed by atoms with E-state index in [0.717, 1.165) is 29.2 Å². The second kappa shape index (κ2) is 9.08. The summed E-state index contributed by atoms with van der Waals surface area (Å²) in [4.78, 5) is 13.0. The number of anilines is 1. The van der Waals surface area contributed by atoms with Gasteiger partial charge in [0.1, 0.15) is 24.9 Å². The Labute approximate surface area is 194 Å². The van der Waals surface area contributed by atoms with Crippen LogP contribution in [0.3, 0.4) is 0 Å². The average molecular weight is 470 g/mol. The second-order valence-electron chi connectivity index (χ2n) is 8.00. The summed E-state index contributed by atoms with van der Waals surface area (Å²) in [5.74, 6) is -1.88. The van der Waals surface area contributed by atoms with Crippen molar-refractivity contribution in [2.75, 3.05) is 5.32 Å². The fourth-order valence-corrected chi connectivity index (χ4v) is 3.61. The maximum absolute atomic E-state index is 13.9. The molecule has 4 rings (SSSR count). The molecule has 0 atom stereocenters. The molecule has 3 aromatic heterocycles. The smallest absolute Gasteiger partial charge is 0.278 e. The van der Waals surface area contributed by atoms with Gasteiger partial charge in [-0.05, 0) is 52.8 Å². The third-order valence-corrected chi connectivity index (χ3v) is 5.46. The molecule has 0 aliphatic carbocycles. The highest BCUT2D eigenvalue weighted by atomic mass is 19.1. The number of aromatic nitrogens is 5. The van der Waals surface area contributed by atoms with Gasteiger partial charge in [0, 0.05) is 11.8 Å². The molecule has 0 unspecified atom stereocenters. The topological polar surface area (TPSA) is 100 Å². The van der Waals surface area contributed by atoms with E-state index in [0.29, 0.717) is 29.4 Å². The van der Waals surface area contributed by atoms with Crippen LogP contribution in [0.25, 0.3) is 0 Å². The van der Waals surface area contributed by atoms with Gasteiger partial charge in [-0.2, -0.15) is 10.2 Å². The molecular formula is C23H24F2N6O3. The zero-order valence-electron chi connectivity index (χ0n) is 19.4. The van der Waals surface area contributed by atoms with Crippen molar-refractivity contribution in [1.82, 2.24) is 24.7 Å². The van der Waals surface area contributed by atoms with E-state index in [1.807, 2.05) is 31.5 Å². The molecule has 1 amide bonds. The van der Waals surface area contributed by atoms with Crippen LogP contribution in [0.2, 0.25) is 0 Å². The van der Waals surface area contributed by atoms with Crippen molar-refractivity contribution in [2.24, 2.45) is 0 Å². The number of amides is 1. The SMILES string of the molecule is Cc1cc(C)n(Cn2nc(C)c(NC(=O)c3noc(C)c3COc3ccc(F)cc3F)c2C)n1. The molecule has 4 aromatic rings. The van der Waals surface area contributed by atoms with E-state index in [1.54, 1.807) is 18.5 Å².